The van der Waals surface area contributed by atoms with E-state index >= 15 is 0 Å². The van der Waals surface area contributed by atoms with Crippen LogP contribution in [0, 0.1) is 6.92 Å². The third-order valence-corrected chi connectivity index (χ3v) is 5.10. The van der Waals surface area contributed by atoms with Crippen LogP contribution in [0.1, 0.15) is 25.3 Å². The number of benzene rings is 1. The number of amides is 1. The first-order chi connectivity index (χ1) is 10.6. The Bertz CT molecular complexity index is 667. The topological polar surface area (TPSA) is 38.1 Å². The third kappa shape index (κ3) is 3.35. The molecule has 116 valence electrons. The summed E-state index contributed by atoms with van der Waals surface area (Å²) < 4.78 is 1.84. The van der Waals surface area contributed by atoms with Crippen LogP contribution in [0.15, 0.2) is 41.6 Å². The van der Waals surface area contributed by atoms with Gasteiger partial charge in [-0.2, -0.15) is 5.10 Å². The summed E-state index contributed by atoms with van der Waals surface area (Å²) in [6, 6.07) is 8.21. The fraction of sp³-hybridized carbons (Fsp3) is 0.412. The largest absolute Gasteiger partial charge is 0.311 e. The molecule has 1 aromatic carbocycles. The summed E-state index contributed by atoms with van der Waals surface area (Å²) in [4.78, 5) is 15.8. The predicted octanol–water partition coefficient (Wildman–Crippen LogP) is 3.50. The van der Waals surface area contributed by atoms with Gasteiger partial charge in [0.05, 0.1) is 11.9 Å². The molecule has 1 unspecified atom stereocenters. The van der Waals surface area contributed by atoms with Crippen molar-refractivity contribution in [2.24, 2.45) is 0 Å². The van der Waals surface area contributed by atoms with Crippen molar-refractivity contribution in [1.29, 1.82) is 0 Å². The lowest BCUT2D eigenvalue weighted by Crippen LogP contribution is -2.32. The van der Waals surface area contributed by atoms with Gasteiger partial charge >= 0.3 is 0 Å². The summed E-state index contributed by atoms with van der Waals surface area (Å²) in [5.74, 6) is 0.176. The van der Waals surface area contributed by atoms with Crippen LogP contribution in [-0.2, 0) is 11.3 Å². The Morgan fingerprint density at radius 3 is 3.00 bits per heavy atom. The van der Waals surface area contributed by atoms with Crippen molar-refractivity contribution in [2.45, 2.75) is 43.4 Å². The minimum absolute atomic E-state index is 0.176. The highest BCUT2D eigenvalue weighted by Gasteiger charge is 2.23. The molecule has 4 nitrogen and oxygen atoms in total. The summed E-state index contributed by atoms with van der Waals surface area (Å²) in [7, 11) is 0. The van der Waals surface area contributed by atoms with Gasteiger partial charge in [0.1, 0.15) is 0 Å². The molecule has 0 aliphatic carbocycles. The number of hydrogen-bond acceptors (Lipinski definition) is 3. The molecule has 0 radical (unpaired) electrons. The maximum atomic E-state index is 12.7. The fourth-order valence-electron chi connectivity index (χ4n) is 2.68. The molecule has 0 fully saturated rings. The molecule has 22 heavy (non-hydrogen) atoms. The molecule has 0 N–H and O–H groups in total. The van der Waals surface area contributed by atoms with Gasteiger partial charge in [0.25, 0.3) is 0 Å². The van der Waals surface area contributed by atoms with Crippen molar-refractivity contribution in [3.05, 3.63) is 42.2 Å². The smallest absolute Gasteiger partial charge is 0.228 e. The summed E-state index contributed by atoms with van der Waals surface area (Å²) in [6.07, 6.45) is 5.30. The van der Waals surface area contributed by atoms with Gasteiger partial charge < -0.3 is 4.90 Å². The number of aromatic nitrogens is 2. The Hall–Kier alpha value is -1.75. The second-order valence-corrected chi connectivity index (χ2v) is 7.24. The number of hydrogen-bond donors (Lipinski definition) is 0. The number of nitrogens with zero attached hydrogens (tertiary/aromatic N) is 3. The number of fused-ring (bicyclic) bond motifs is 1. The first-order valence-corrected chi connectivity index (χ1v) is 8.56. The average Bonchev–Trinajstić information content (AvgIpc) is 2.84. The monoisotopic (exact) mass is 315 g/mol. The molecule has 2 aromatic rings. The van der Waals surface area contributed by atoms with E-state index in [1.165, 1.54) is 4.90 Å². The zero-order valence-corrected chi connectivity index (χ0v) is 13.8. The SMILES string of the molecule is Cc1cnn(CCC(=O)N2CCC(C)Sc3ccccc32)c1. The van der Waals surface area contributed by atoms with Crippen LogP contribution in [0.25, 0.3) is 0 Å². The van der Waals surface area contributed by atoms with Crippen molar-refractivity contribution in [3.8, 4) is 0 Å². The highest BCUT2D eigenvalue weighted by Crippen LogP contribution is 2.37. The molecule has 0 bridgehead atoms. The molecular weight excluding hydrogens is 294 g/mol. The van der Waals surface area contributed by atoms with Gasteiger partial charge in [0.15, 0.2) is 0 Å². The molecule has 1 aliphatic rings. The highest BCUT2D eigenvalue weighted by atomic mass is 32.2. The van der Waals surface area contributed by atoms with Gasteiger partial charge in [-0.3, -0.25) is 9.48 Å². The van der Waals surface area contributed by atoms with Crippen LogP contribution >= 0.6 is 11.8 Å². The number of carbonyl (C=O) groups is 1. The molecule has 1 amide bonds. The van der Waals surface area contributed by atoms with Crippen LogP contribution in [0.5, 0.6) is 0 Å². The van der Waals surface area contributed by atoms with E-state index in [4.69, 9.17) is 0 Å². The Balaban J connectivity index is 1.74. The van der Waals surface area contributed by atoms with E-state index in [2.05, 4.69) is 24.2 Å². The van der Waals surface area contributed by atoms with Crippen molar-refractivity contribution in [2.75, 3.05) is 11.4 Å². The molecule has 3 rings (SSSR count). The highest BCUT2D eigenvalue weighted by molar-refractivity contribution is 8.00. The summed E-state index contributed by atoms with van der Waals surface area (Å²) in [6.45, 7) is 5.66. The normalized spacial score (nSPS) is 17.9. The van der Waals surface area contributed by atoms with Crippen molar-refractivity contribution in [3.63, 3.8) is 0 Å². The quantitative estimate of drug-likeness (QED) is 0.870. The van der Waals surface area contributed by atoms with E-state index in [1.54, 1.807) is 0 Å². The number of thioether (sulfide) groups is 1. The molecule has 0 saturated heterocycles. The number of anilines is 1. The summed E-state index contributed by atoms with van der Waals surface area (Å²) in [5, 5.41) is 4.78. The number of aryl methyl sites for hydroxylation is 2. The zero-order valence-electron chi connectivity index (χ0n) is 13.0. The third-order valence-electron chi connectivity index (χ3n) is 3.86. The van der Waals surface area contributed by atoms with Gasteiger partial charge in [-0.25, -0.2) is 0 Å². The number of carbonyl (C=O) groups excluding carboxylic acids is 1. The molecule has 2 heterocycles. The lowest BCUT2D eigenvalue weighted by molar-refractivity contribution is -0.118. The molecule has 0 spiro atoms. The minimum Gasteiger partial charge on any atom is -0.311 e. The molecule has 1 aliphatic heterocycles. The number of rotatable bonds is 3. The van der Waals surface area contributed by atoms with Gasteiger partial charge in [-0.05, 0) is 31.0 Å². The maximum absolute atomic E-state index is 12.7. The molecule has 5 heteroatoms. The van der Waals surface area contributed by atoms with Crippen molar-refractivity contribution >= 4 is 23.4 Å². The molecular formula is C17H21N3OS. The van der Waals surface area contributed by atoms with E-state index in [9.17, 15) is 4.79 Å². The molecule has 1 aromatic heterocycles. The lowest BCUT2D eigenvalue weighted by Gasteiger charge is -2.22. The van der Waals surface area contributed by atoms with Crippen LogP contribution in [0.3, 0.4) is 0 Å². The van der Waals surface area contributed by atoms with E-state index in [0.29, 0.717) is 18.2 Å². The second kappa shape index (κ2) is 6.57. The van der Waals surface area contributed by atoms with Crippen molar-refractivity contribution in [1.82, 2.24) is 9.78 Å². The first-order valence-electron chi connectivity index (χ1n) is 7.68. The Labute approximate surface area is 135 Å². The van der Waals surface area contributed by atoms with E-state index in [1.807, 2.05) is 52.8 Å². The van der Waals surface area contributed by atoms with E-state index in [0.717, 1.165) is 24.2 Å². The van der Waals surface area contributed by atoms with E-state index < -0.39 is 0 Å². The summed E-state index contributed by atoms with van der Waals surface area (Å²) in [5.41, 5.74) is 2.18. The maximum Gasteiger partial charge on any atom is 0.228 e. The first kappa shape index (κ1) is 15.2. The van der Waals surface area contributed by atoms with E-state index in [-0.39, 0.29) is 5.91 Å². The molecule has 1 atom stereocenters. The molecule has 0 saturated carbocycles. The van der Waals surface area contributed by atoms with Crippen LogP contribution in [0.2, 0.25) is 0 Å². The summed E-state index contributed by atoms with van der Waals surface area (Å²) >= 11 is 1.86. The van der Waals surface area contributed by atoms with Gasteiger partial charge in [0.2, 0.25) is 5.91 Å². The Morgan fingerprint density at radius 2 is 2.23 bits per heavy atom. The second-order valence-electron chi connectivity index (χ2n) is 5.76. The van der Waals surface area contributed by atoms with Crippen LogP contribution in [-0.4, -0.2) is 27.5 Å². The average molecular weight is 315 g/mol. The predicted molar refractivity (Wildman–Crippen MR) is 90.3 cm³/mol. The van der Waals surface area contributed by atoms with Crippen LogP contribution < -0.4 is 4.90 Å². The standard InChI is InChI=1S/C17H21N3OS/c1-13-11-18-19(12-13)9-8-17(21)20-10-7-14(2)22-16-6-4-3-5-15(16)20/h3-6,11-12,14H,7-10H2,1-2H3. The van der Waals surface area contributed by atoms with Gasteiger partial charge in [0, 0.05) is 35.9 Å². The lowest BCUT2D eigenvalue weighted by atomic mass is 10.2. The van der Waals surface area contributed by atoms with Gasteiger partial charge in [-0.15, -0.1) is 11.8 Å². The zero-order chi connectivity index (χ0) is 15.5. The van der Waals surface area contributed by atoms with Crippen molar-refractivity contribution < 1.29 is 4.79 Å². The Morgan fingerprint density at radius 1 is 1.41 bits per heavy atom. The number of para-hydroxylation sites is 1. The van der Waals surface area contributed by atoms with Gasteiger partial charge in [-0.1, -0.05) is 19.1 Å². The minimum atomic E-state index is 0.176. The van der Waals surface area contributed by atoms with Crippen LogP contribution in [0.4, 0.5) is 5.69 Å². The Kier molecular flexibility index (Phi) is 4.52. The fourth-order valence-corrected chi connectivity index (χ4v) is 3.79.